The first kappa shape index (κ1) is 12.9. The molecule has 1 aliphatic carbocycles. The van der Waals surface area contributed by atoms with Crippen molar-refractivity contribution in [2.75, 3.05) is 7.11 Å². The van der Waals surface area contributed by atoms with Crippen molar-refractivity contribution >= 4 is 5.97 Å². The highest BCUT2D eigenvalue weighted by molar-refractivity contribution is 5.76. The fraction of sp³-hybridized carbons (Fsp3) is 0.533. The molecule has 0 heterocycles. The summed E-state index contributed by atoms with van der Waals surface area (Å²) in [6, 6.07) is 6.00. The number of carboxylic acid groups (broad SMARTS) is 1. The van der Waals surface area contributed by atoms with Crippen LogP contribution in [0.3, 0.4) is 0 Å². The third-order valence-corrected chi connectivity index (χ3v) is 3.92. The molecule has 1 unspecified atom stereocenters. The molecule has 1 saturated carbocycles. The van der Waals surface area contributed by atoms with Gasteiger partial charge in [-0.1, -0.05) is 25.0 Å². The Morgan fingerprint density at radius 1 is 1.39 bits per heavy atom. The van der Waals surface area contributed by atoms with Crippen LogP contribution < -0.4 is 4.74 Å². The van der Waals surface area contributed by atoms with Crippen LogP contribution in [0, 0.1) is 0 Å². The normalized spacial score (nSPS) is 17.7. The Hall–Kier alpha value is -1.51. The van der Waals surface area contributed by atoms with Gasteiger partial charge in [0, 0.05) is 5.56 Å². The Kier molecular flexibility index (Phi) is 3.90. The highest BCUT2D eigenvalue weighted by atomic mass is 16.5. The van der Waals surface area contributed by atoms with Crippen LogP contribution in [0.4, 0.5) is 0 Å². The van der Waals surface area contributed by atoms with Crippen molar-refractivity contribution in [1.29, 1.82) is 0 Å². The first-order valence-electron chi connectivity index (χ1n) is 6.54. The Labute approximate surface area is 108 Å². The summed E-state index contributed by atoms with van der Waals surface area (Å²) < 4.78 is 5.27. The van der Waals surface area contributed by atoms with Crippen LogP contribution in [-0.4, -0.2) is 18.2 Å². The zero-order valence-electron chi connectivity index (χ0n) is 11.0. The topological polar surface area (TPSA) is 46.5 Å². The van der Waals surface area contributed by atoms with Crippen LogP contribution >= 0.6 is 0 Å². The standard InChI is InChI=1S/C15H20O3/c1-10(15(16)17)13-9-12(7-8-14(13)18-2)11-5-3-4-6-11/h7-11H,3-6H2,1-2H3,(H,16,17). The molecule has 98 valence electrons. The summed E-state index contributed by atoms with van der Waals surface area (Å²) in [5.41, 5.74) is 2.05. The van der Waals surface area contributed by atoms with E-state index >= 15 is 0 Å². The molecule has 0 amide bonds. The number of aliphatic carboxylic acids is 1. The molecule has 3 heteroatoms. The van der Waals surface area contributed by atoms with E-state index in [0.29, 0.717) is 11.7 Å². The van der Waals surface area contributed by atoms with E-state index in [2.05, 4.69) is 6.07 Å². The number of benzene rings is 1. The molecular weight excluding hydrogens is 228 g/mol. The van der Waals surface area contributed by atoms with Crippen molar-refractivity contribution in [1.82, 2.24) is 0 Å². The van der Waals surface area contributed by atoms with Crippen LogP contribution in [0.15, 0.2) is 18.2 Å². The van der Waals surface area contributed by atoms with Gasteiger partial charge in [-0.3, -0.25) is 4.79 Å². The van der Waals surface area contributed by atoms with Gasteiger partial charge in [-0.2, -0.15) is 0 Å². The number of hydrogen-bond donors (Lipinski definition) is 1. The summed E-state index contributed by atoms with van der Waals surface area (Å²) in [6.07, 6.45) is 4.99. The lowest BCUT2D eigenvalue weighted by Crippen LogP contribution is -2.09. The van der Waals surface area contributed by atoms with Gasteiger partial charge in [-0.05, 0) is 37.3 Å². The van der Waals surface area contributed by atoms with Crippen molar-refractivity contribution in [3.63, 3.8) is 0 Å². The predicted octanol–water partition coefficient (Wildman–Crippen LogP) is 3.54. The summed E-state index contributed by atoms with van der Waals surface area (Å²) in [5.74, 6) is -0.0690. The highest BCUT2D eigenvalue weighted by Gasteiger charge is 2.22. The van der Waals surface area contributed by atoms with Gasteiger partial charge in [0.25, 0.3) is 0 Å². The second-order valence-corrected chi connectivity index (χ2v) is 5.04. The van der Waals surface area contributed by atoms with E-state index in [0.717, 1.165) is 5.56 Å². The van der Waals surface area contributed by atoms with Gasteiger partial charge in [0.1, 0.15) is 5.75 Å². The summed E-state index contributed by atoms with van der Waals surface area (Å²) in [7, 11) is 1.59. The third-order valence-electron chi connectivity index (χ3n) is 3.92. The number of carboxylic acids is 1. The van der Waals surface area contributed by atoms with E-state index in [1.54, 1.807) is 14.0 Å². The van der Waals surface area contributed by atoms with Crippen LogP contribution in [0.2, 0.25) is 0 Å². The second kappa shape index (κ2) is 5.42. The maximum absolute atomic E-state index is 11.1. The van der Waals surface area contributed by atoms with Gasteiger partial charge in [0.2, 0.25) is 0 Å². The van der Waals surface area contributed by atoms with Crippen LogP contribution in [0.25, 0.3) is 0 Å². The first-order chi connectivity index (χ1) is 8.63. The van der Waals surface area contributed by atoms with Crippen LogP contribution in [0.1, 0.15) is 55.6 Å². The summed E-state index contributed by atoms with van der Waals surface area (Å²) in [4.78, 5) is 11.1. The average molecular weight is 248 g/mol. The van der Waals surface area contributed by atoms with E-state index in [-0.39, 0.29) is 0 Å². The molecule has 0 saturated heterocycles. The Balaban J connectivity index is 2.35. The van der Waals surface area contributed by atoms with Crippen molar-refractivity contribution < 1.29 is 14.6 Å². The van der Waals surface area contributed by atoms with Crippen molar-refractivity contribution in [3.05, 3.63) is 29.3 Å². The van der Waals surface area contributed by atoms with Crippen LogP contribution in [0.5, 0.6) is 5.75 Å². The lowest BCUT2D eigenvalue weighted by Gasteiger charge is -2.16. The van der Waals surface area contributed by atoms with E-state index in [4.69, 9.17) is 9.84 Å². The summed E-state index contributed by atoms with van der Waals surface area (Å²) >= 11 is 0. The van der Waals surface area contributed by atoms with Crippen LogP contribution in [-0.2, 0) is 4.79 Å². The highest BCUT2D eigenvalue weighted by Crippen LogP contribution is 2.37. The fourth-order valence-electron chi connectivity index (χ4n) is 2.74. The minimum atomic E-state index is -0.808. The quantitative estimate of drug-likeness (QED) is 0.886. The maximum Gasteiger partial charge on any atom is 0.310 e. The van der Waals surface area contributed by atoms with Gasteiger partial charge < -0.3 is 9.84 Å². The van der Waals surface area contributed by atoms with Gasteiger partial charge in [-0.15, -0.1) is 0 Å². The molecule has 1 N–H and O–H groups in total. The van der Waals surface area contributed by atoms with Gasteiger partial charge in [0.15, 0.2) is 0 Å². The molecule has 1 aliphatic rings. The predicted molar refractivity (Wildman–Crippen MR) is 70.3 cm³/mol. The lowest BCUT2D eigenvalue weighted by atomic mass is 9.91. The lowest BCUT2D eigenvalue weighted by molar-refractivity contribution is -0.138. The van der Waals surface area contributed by atoms with Gasteiger partial charge in [0.05, 0.1) is 13.0 Å². The molecule has 0 aromatic heterocycles. The first-order valence-corrected chi connectivity index (χ1v) is 6.54. The Morgan fingerprint density at radius 2 is 2.06 bits per heavy atom. The zero-order valence-corrected chi connectivity index (χ0v) is 11.0. The molecule has 0 spiro atoms. The minimum Gasteiger partial charge on any atom is -0.496 e. The summed E-state index contributed by atoms with van der Waals surface area (Å²) in [5, 5.41) is 9.16. The number of rotatable bonds is 4. The molecule has 1 fully saturated rings. The average Bonchev–Trinajstić information content (AvgIpc) is 2.90. The second-order valence-electron chi connectivity index (χ2n) is 5.04. The molecule has 0 aliphatic heterocycles. The zero-order chi connectivity index (χ0) is 13.1. The van der Waals surface area contributed by atoms with E-state index in [1.807, 2.05) is 12.1 Å². The van der Waals surface area contributed by atoms with Crippen molar-refractivity contribution in [2.24, 2.45) is 0 Å². The molecular formula is C15H20O3. The fourth-order valence-corrected chi connectivity index (χ4v) is 2.74. The molecule has 2 rings (SSSR count). The molecule has 1 atom stereocenters. The minimum absolute atomic E-state index is 0.527. The van der Waals surface area contributed by atoms with Crippen molar-refractivity contribution in [2.45, 2.75) is 44.4 Å². The summed E-state index contributed by atoms with van der Waals surface area (Å²) in [6.45, 7) is 1.71. The van der Waals surface area contributed by atoms with E-state index < -0.39 is 11.9 Å². The number of methoxy groups -OCH3 is 1. The van der Waals surface area contributed by atoms with E-state index in [9.17, 15) is 4.79 Å². The third kappa shape index (κ3) is 2.50. The molecule has 1 aromatic carbocycles. The smallest absolute Gasteiger partial charge is 0.310 e. The van der Waals surface area contributed by atoms with Gasteiger partial charge in [-0.25, -0.2) is 0 Å². The number of hydrogen-bond acceptors (Lipinski definition) is 2. The maximum atomic E-state index is 11.1. The van der Waals surface area contributed by atoms with Crippen molar-refractivity contribution in [3.8, 4) is 5.75 Å². The molecule has 0 radical (unpaired) electrons. The Morgan fingerprint density at radius 3 is 2.61 bits per heavy atom. The van der Waals surface area contributed by atoms with Gasteiger partial charge >= 0.3 is 5.97 Å². The molecule has 0 bridgehead atoms. The van der Waals surface area contributed by atoms with E-state index in [1.165, 1.54) is 31.2 Å². The molecule has 3 nitrogen and oxygen atoms in total. The Bertz CT molecular complexity index is 433. The molecule has 18 heavy (non-hydrogen) atoms. The number of ether oxygens (including phenoxy) is 1. The largest absolute Gasteiger partial charge is 0.496 e. The molecule has 1 aromatic rings. The SMILES string of the molecule is COc1ccc(C2CCCC2)cc1C(C)C(=O)O. The number of carbonyl (C=O) groups is 1. The monoisotopic (exact) mass is 248 g/mol.